The average molecular weight is 651 g/mol. The molecule has 46 heavy (non-hydrogen) atoms. The highest BCUT2D eigenvalue weighted by Crippen LogP contribution is 2.37. The average Bonchev–Trinajstić information content (AvgIpc) is 3.03. The van der Waals surface area contributed by atoms with Crippen LogP contribution in [0.15, 0.2) is 55.6 Å². The molecule has 1 aromatic carbocycles. The van der Waals surface area contributed by atoms with E-state index in [2.05, 4.69) is 13.2 Å². The predicted octanol–water partition coefficient (Wildman–Crippen LogP) is 2.15. The van der Waals surface area contributed by atoms with E-state index in [1.165, 1.54) is 27.9 Å². The second kappa shape index (κ2) is 17.1. The van der Waals surface area contributed by atoms with Crippen molar-refractivity contribution in [2.24, 2.45) is 0 Å². The first-order chi connectivity index (χ1) is 22.2. The molecule has 0 aromatic heterocycles. The van der Waals surface area contributed by atoms with Crippen molar-refractivity contribution in [2.75, 3.05) is 33.5 Å². The molecule has 0 unspecified atom stereocenters. The van der Waals surface area contributed by atoms with Crippen LogP contribution in [0.5, 0.6) is 0 Å². The van der Waals surface area contributed by atoms with E-state index in [0.717, 1.165) is 5.56 Å². The van der Waals surface area contributed by atoms with Gasteiger partial charge in [-0.25, -0.2) is 0 Å². The minimum absolute atomic E-state index is 0.137. The maximum atomic E-state index is 12.2. The first-order valence-corrected chi connectivity index (χ1v) is 14.9. The summed E-state index contributed by atoms with van der Waals surface area (Å²) in [6, 6.07) is 9.48. The normalized spacial score (nSPS) is 34.0. The molecule has 3 fully saturated rings. The molecular weight excluding hydrogens is 608 g/mol. The molecular formula is C32H42O14. The van der Waals surface area contributed by atoms with E-state index < -0.39 is 85.6 Å². The summed E-state index contributed by atoms with van der Waals surface area (Å²) in [7, 11) is 1.33. The van der Waals surface area contributed by atoms with Gasteiger partial charge in [-0.2, -0.15) is 0 Å². The van der Waals surface area contributed by atoms with Crippen molar-refractivity contribution in [3.05, 3.63) is 61.2 Å². The zero-order valence-electron chi connectivity index (χ0n) is 26.4. The van der Waals surface area contributed by atoms with Gasteiger partial charge < -0.3 is 52.1 Å². The third-order valence-electron chi connectivity index (χ3n) is 7.32. The van der Waals surface area contributed by atoms with Crippen LogP contribution in [0.2, 0.25) is 0 Å². The lowest BCUT2D eigenvalue weighted by atomic mass is 9.96. The third-order valence-corrected chi connectivity index (χ3v) is 7.32. The van der Waals surface area contributed by atoms with E-state index in [1.807, 2.05) is 30.3 Å². The molecule has 0 amide bonds. The van der Waals surface area contributed by atoms with Crippen LogP contribution in [0.4, 0.5) is 0 Å². The molecule has 254 valence electrons. The Morgan fingerprint density at radius 3 is 1.98 bits per heavy atom. The maximum absolute atomic E-state index is 12.2. The molecule has 14 nitrogen and oxygen atoms in total. The van der Waals surface area contributed by atoms with Gasteiger partial charge in [0.25, 0.3) is 0 Å². The second-order valence-electron chi connectivity index (χ2n) is 10.7. The van der Waals surface area contributed by atoms with Gasteiger partial charge in [0, 0.05) is 33.4 Å². The highest BCUT2D eigenvalue weighted by Gasteiger charge is 2.55. The summed E-state index contributed by atoms with van der Waals surface area (Å²) in [5.41, 5.74) is 0.832. The number of carbonyl (C=O) groups is 3. The Balaban J connectivity index is 1.59. The Bertz CT molecular complexity index is 1180. The zero-order valence-corrected chi connectivity index (χ0v) is 26.4. The van der Waals surface area contributed by atoms with Crippen LogP contribution in [-0.2, 0) is 66.5 Å². The van der Waals surface area contributed by atoms with Crippen molar-refractivity contribution in [3.63, 3.8) is 0 Å². The van der Waals surface area contributed by atoms with Gasteiger partial charge in [0.1, 0.15) is 30.5 Å². The summed E-state index contributed by atoms with van der Waals surface area (Å²) in [6.07, 6.45) is -7.31. The molecule has 3 saturated heterocycles. The topological polar surface area (TPSA) is 153 Å². The van der Waals surface area contributed by atoms with Gasteiger partial charge in [0.2, 0.25) is 0 Å². The summed E-state index contributed by atoms with van der Waals surface area (Å²) in [5.74, 6) is -2.09. The lowest BCUT2D eigenvalue weighted by molar-refractivity contribution is -0.374. The van der Waals surface area contributed by atoms with E-state index in [9.17, 15) is 14.4 Å². The summed E-state index contributed by atoms with van der Waals surface area (Å²) >= 11 is 0. The van der Waals surface area contributed by atoms with Crippen LogP contribution >= 0.6 is 0 Å². The van der Waals surface area contributed by atoms with Crippen molar-refractivity contribution < 1.29 is 66.5 Å². The zero-order chi connectivity index (χ0) is 33.2. The van der Waals surface area contributed by atoms with Crippen molar-refractivity contribution >= 4 is 17.9 Å². The van der Waals surface area contributed by atoms with Gasteiger partial charge >= 0.3 is 17.9 Å². The first-order valence-electron chi connectivity index (χ1n) is 14.9. The number of methoxy groups -OCH3 is 1. The molecule has 3 aliphatic rings. The van der Waals surface area contributed by atoms with E-state index in [4.69, 9.17) is 52.1 Å². The number of esters is 3. The largest absolute Gasteiger partial charge is 0.456 e. The standard InChI is InChI=1S/C32H42O14/c1-7-14-37-26-24-22(16-39-30(46-24)21-12-10-9-11-13-21)45-32(28(26)38-15-8-2)40-17-23-25(41-18(3)33)27(42-19(4)34)29(43-20(5)35)31(36-6)44-23/h7-13,22-32H,1-2,14-17H2,3-6H3/t22-,23-,24-,25-,26+,27+,28+,29-,30-,31+,32+/m1/s1. The Kier molecular flexibility index (Phi) is 13.2. The van der Waals surface area contributed by atoms with Crippen molar-refractivity contribution in [2.45, 2.75) is 88.5 Å². The molecule has 0 spiro atoms. The summed E-state index contributed by atoms with van der Waals surface area (Å²) < 4.78 is 65.2. The summed E-state index contributed by atoms with van der Waals surface area (Å²) in [5, 5.41) is 0. The number of hydrogen-bond acceptors (Lipinski definition) is 14. The fourth-order valence-electron chi connectivity index (χ4n) is 5.55. The minimum atomic E-state index is -1.28. The second-order valence-corrected chi connectivity index (χ2v) is 10.7. The maximum Gasteiger partial charge on any atom is 0.303 e. The molecule has 14 heteroatoms. The molecule has 0 aliphatic carbocycles. The Hall–Kier alpha value is -3.21. The summed E-state index contributed by atoms with van der Waals surface area (Å²) in [4.78, 5) is 36.2. The minimum Gasteiger partial charge on any atom is -0.456 e. The number of ether oxygens (including phenoxy) is 11. The van der Waals surface area contributed by atoms with Crippen molar-refractivity contribution in [3.8, 4) is 0 Å². The number of rotatable bonds is 14. The fraction of sp³-hybridized carbons (Fsp3) is 0.594. The number of benzene rings is 1. The predicted molar refractivity (Wildman–Crippen MR) is 157 cm³/mol. The molecule has 0 bridgehead atoms. The monoisotopic (exact) mass is 650 g/mol. The number of fused-ring (bicyclic) bond motifs is 1. The molecule has 0 radical (unpaired) electrons. The van der Waals surface area contributed by atoms with E-state index in [1.54, 1.807) is 12.2 Å². The van der Waals surface area contributed by atoms with Gasteiger partial charge in [0.15, 0.2) is 37.2 Å². The lowest BCUT2D eigenvalue weighted by Gasteiger charge is -2.49. The highest BCUT2D eigenvalue weighted by atomic mass is 16.8. The molecule has 3 aliphatic heterocycles. The van der Waals surface area contributed by atoms with Gasteiger partial charge in [-0.1, -0.05) is 42.5 Å². The van der Waals surface area contributed by atoms with Crippen LogP contribution in [-0.4, -0.2) is 113 Å². The Labute approximate surface area is 267 Å². The molecule has 0 N–H and O–H groups in total. The number of hydrogen-bond donors (Lipinski definition) is 0. The molecule has 3 heterocycles. The smallest absolute Gasteiger partial charge is 0.303 e. The third kappa shape index (κ3) is 8.98. The van der Waals surface area contributed by atoms with Crippen molar-refractivity contribution in [1.82, 2.24) is 0 Å². The van der Waals surface area contributed by atoms with E-state index >= 15 is 0 Å². The fourth-order valence-corrected chi connectivity index (χ4v) is 5.55. The molecule has 11 atom stereocenters. The Morgan fingerprint density at radius 1 is 0.761 bits per heavy atom. The van der Waals surface area contributed by atoms with Crippen LogP contribution in [0, 0.1) is 0 Å². The van der Waals surface area contributed by atoms with Crippen LogP contribution < -0.4 is 0 Å². The first kappa shape index (κ1) is 35.6. The number of carbonyl (C=O) groups excluding carboxylic acids is 3. The molecule has 4 rings (SSSR count). The van der Waals surface area contributed by atoms with Gasteiger partial charge in [-0.15, -0.1) is 13.2 Å². The lowest BCUT2D eigenvalue weighted by Crippen LogP contribution is -2.65. The van der Waals surface area contributed by atoms with Crippen LogP contribution in [0.25, 0.3) is 0 Å². The Morgan fingerprint density at radius 2 is 1.37 bits per heavy atom. The van der Waals surface area contributed by atoms with E-state index in [0.29, 0.717) is 0 Å². The van der Waals surface area contributed by atoms with E-state index in [-0.39, 0.29) is 26.4 Å². The highest BCUT2D eigenvalue weighted by molar-refractivity contribution is 5.68. The van der Waals surface area contributed by atoms with Crippen LogP contribution in [0.1, 0.15) is 32.6 Å². The van der Waals surface area contributed by atoms with Gasteiger partial charge in [-0.3, -0.25) is 14.4 Å². The summed E-state index contributed by atoms with van der Waals surface area (Å²) in [6.45, 7) is 11.3. The molecule has 1 aromatic rings. The van der Waals surface area contributed by atoms with Gasteiger partial charge in [-0.05, 0) is 0 Å². The quantitative estimate of drug-likeness (QED) is 0.164. The van der Waals surface area contributed by atoms with Crippen molar-refractivity contribution in [1.29, 1.82) is 0 Å². The van der Waals surface area contributed by atoms with Crippen LogP contribution in [0.3, 0.4) is 0 Å². The molecule has 0 saturated carbocycles. The SMILES string of the molecule is C=CCO[C@@H]1[C@H](OCC=C)[C@@H](OC[C@H]2O[C@H](OC)[C@H](OC(C)=O)[C@@H](OC(C)=O)[C@@H]2OC(C)=O)O[C@@H]2CO[C@@H](c3ccccc3)O[C@@H]12. The van der Waals surface area contributed by atoms with Gasteiger partial charge in [0.05, 0.1) is 26.4 Å².